The lowest BCUT2D eigenvalue weighted by atomic mass is 10.2. The molecular formula is C16H10BrNO3S. The third kappa shape index (κ3) is 2.02. The molecule has 0 spiro atoms. The summed E-state index contributed by atoms with van der Waals surface area (Å²) in [5.74, 6) is -0.310. The van der Waals surface area contributed by atoms with Crippen molar-refractivity contribution in [1.82, 2.24) is 4.98 Å². The number of benzene rings is 1. The summed E-state index contributed by atoms with van der Waals surface area (Å²) >= 11 is 4.84. The van der Waals surface area contributed by atoms with Crippen LogP contribution in [-0.2, 0) is 4.74 Å². The third-order valence-corrected chi connectivity index (χ3v) is 5.02. The van der Waals surface area contributed by atoms with Crippen LogP contribution in [0.25, 0.3) is 32.2 Å². The van der Waals surface area contributed by atoms with Crippen LogP contribution >= 0.6 is 27.3 Å². The molecule has 6 heteroatoms. The zero-order valence-corrected chi connectivity index (χ0v) is 14.0. The number of ether oxygens (including phenoxy) is 1. The predicted octanol–water partition coefficient (Wildman–Crippen LogP) is 5.13. The molecule has 0 saturated heterocycles. The molecule has 0 aliphatic carbocycles. The molecule has 0 atom stereocenters. The molecule has 0 bridgehead atoms. The fourth-order valence-electron chi connectivity index (χ4n) is 2.45. The van der Waals surface area contributed by atoms with Crippen molar-refractivity contribution in [3.8, 4) is 0 Å². The number of rotatable bonds is 2. The van der Waals surface area contributed by atoms with Gasteiger partial charge in [-0.25, -0.2) is 4.79 Å². The second-order valence-electron chi connectivity index (χ2n) is 4.79. The largest absolute Gasteiger partial charge is 0.462 e. The van der Waals surface area contributed by atoms with Gasteiger partial charge in [0.25, 0.3) is 0 Å². The topological polar surface area (TPSA) is 52.3 Å². The number of fused-ring (bicyclic) bond motifs is 5. The van der Waals surface area contributed by atoms with Crippen molar-refractivity contribution in [1.29, 1.82) is 0 Å². The molecule has 0 radical (unpaired) electrons. The van der Waals surface area contributed by atoms with Crippen LogP contribution in [0.5, 0.6) is 0 Å². The Hall–Kier alpha value is -1.92. The van der Waals surface area contributed by atoms with Crippen LogP contribution in [0, 0.1) is 0 Å². The second kappa shape index (κ2) is 5.07. The van der Waals surface area contributed by atoms with Gasteiger partial charge in [0.15, 0.2) is 5.58 Å². The minimum Gasteiger partial charge on any atom is -0.462 e. The molecule has 0 fully saturated rings. The highest BCUT2D eigenvalue weighted by molar-refractivity contribution is 9.10. The van der Waals surface area contributed by atoms with Gasteiger partial charge in [-0.2, -0.15) is 0 Å². The maximum Gasteiger partial charge on any atom is 0.348 e. The van der Waals surface area contributed by atoms with Gasteiger partial charge in [0, 0.05) is 21.4 Å². The first-order chi connectivity index (χ1) is 10.7. The minimum absolute atomic E-state index is 0.310. The van der Waals surface area contributed by atoms with Gasteiger partial charge >= 0.3 is 5.97 Å². The van der Waals surface area contributed by atoms with E-state index >= 15 is 0 Å². The number of hydrogen-bond acceptors (Lipinski definition) is 5. The highest BCUT2D eigenvalue weighted by Crippen LogP contribution is 2.37. The lowest BCUT2D eigenvalue weighted by Gasteiger charge is -1.95. The molecule has 22 heavy (non-hydrogen) atoms. The first-order valence-electron chi connectivity index (χ1n) is 6.75. The number of pyridine rings is 1. The highest BCUT2D eigenvalue weighted by atomic mass is 79.9. The standard InChI is InChI=1S/C16H10BrNO3S/c1-2-20-16(19)12-5-8-7-18-13-10-6-9(17)3-4-11(10)21-14(13)15(8)22-12/h3-7H,2H2,1H3. The maximum atomic E-state index is 11.9. The number of thiophene rings is 1. The zero-order chi connectivity index (χ0) is 15.3. The van der Waals surface area contributed by atoms with E-state index < -0.39 is 0 Å². The van der Waals surface area contributed by atoms with Crippen LogP contribution in [0.1, 0.15) is 16.6 Å². The van der Waals surface area contributed by atoms with Crippen LogP contribution in [0.2, 0.25) is 0 Å². The smallest absolute Gasteiger partial charge is 0.348 e. The number of furan rings is 1. The van der Waals surface area contributed by atoms with Crippen molar-refractivity contribution in [3.63, 3.8) is 0 Å². The van der Waals surface area contributed by atoms with Crippen LogP contribution < -0.4 is 0 Å². The minimum atomic E-state index is -0.310. The van der Waals surface area contributed by atoms with Crippen molar-refractivity contribution >= 4 is 65.4 Å². The van der Waals surface area contributed by atoms with Crippen LogP contribution in [-0.4, -0.2) is 17.6 Å². The van der Waals surface area contributed by atoms with Gasteiger partial charge in [-0.1, -0.05) is 15.9 Å². The summed E-state index contributed by atoms with van der Waals surface area (Å²) in [4.78, 5) is 17.0. The molecular weight excluding hydrogens is 366 g/mol. The van der Waals surface area contributed by atoms with Gasteiger partial charge in [0.2, 0.25) is 0 Å². The molecule has 0 aliphatic rings. The summed E-state index contributed by atoms with van der Waals surface area (Å²) < 4.78 is 12.9. The summed E-state index contributed by atoms with van der Waals surface area (Å²) in [5, 5.41) is 1.84. The quantitative estimate of drug-likeness (QED) is 0.455. The maximum absolute atomic E-state index is 11.9. The Bertz CT molecular complexity index is 1030. The Morgan fingerprint density at radius 2 is 2.27 bits per heavy atom. The average Bonchev–Trinajstić information content (AvgIpc) is 3.08. The van der Waals surface area contributed by atoms with Gasteiger partial charge in [-0.3, -0.25) is 4.98 Å². The molecule has 4 rings (SSSR count). The Morgan fingerprint density at radius 3 is 3.09 bits per heavy atom. The molecule has 0 aliphatic heterocycles. The summed E-state index contributed by atoms with van der Waals surface area (Å²) in [6.07, 6.45) is 1.77. The molecule has 0 saturated carbocycles. The van der Waals surface area contributed by atoms with E-state index in [1.165, 1.54) is 11.3 Å². The van der Waals surface area contributed by atoms with Crippen molar-refractivity contribution < 1.29 is 13.9 Å². The summed E-state index contributed by atoms with van der Waals surface area (Å²) in [6.45, 7) is 2.15. The summed E-state index contributed by atoms with van der Waals surface area (Å²) in [6, 6.07) is 7.63. The van der Waals surface area contributed by atoms with Gasteiger partial charge in [0.1, 0.15) is 16.0 Å². The number of aromatic nitrogens is 1. The van der Waals surface area contributed by atoms with Crippen molar-refractivity contribution in [2.45, 2.75) is 6.92 Å². The predicted molar refractivity (Wildman–Crippen MR) is 90.6 cm³/mol. The normalized spacial score (nSPS) is 11.5. The van der Waals surface area contributed by atoms with E-state index in [1.807, 2.05) is 18.2 Å². The molecule has 3 heterocycles. The molecule has 4 aromatic rings. The number of nitrogens with zero attached hydrogens (tertiary/aromatic N) is 1. The van der Waals surface area contributed by atoms with Crippen molar-refractivity contribution in [2.24, 2.45) is 0 Å². The zero-order valence-electron chi connectivity index (χ0n) is 11.6. The number of esters is 1. The van der Waals surface area contributed by atoms with E-state index in [1.54, 1.807) is 19.2 Å². The lowest BCUT2D eigenvalue weighted by Crippen LogP contribution is -2.01. The molecule has 0 unspecified atom stereocenters. The second-order valence-corrected chi connectivity index (χ2v) is 6.76. The van der Waals surface area contributed by atoms with Crippen molar-refractivity contribution in [2.75, 3.05) is 6.61 Å². The lowest BCUT2D eigenvalue weighted by molar-refractivity contribution is 0.0532. The Labute approximate surface area is 137 Å². The van der Waals surface area contributed by atoms with Gasteiger partial charge in [0.05, 0.1) is 11.3 Å². The Balaban J connectivity index is 2.02. The molecule has 4 nitrogen and oxygen atoms in total. The van der Waals surface area contributed by atoms with Gasteiger partial charge in [-0.15, -0.1) is 11.3 Å². The molecule has 3 aromatic heterocycles. The number of carbonyl (C=O) groups is 1. The van der Waals surface area contributed by atoms with Gasteiger partial charge in [-0.05, 0) is 31.2 Å². The van der Waals surface area contributed by atoms with Crippen LogP contribution in [0.15, 0.2) is 39.4 Å². The first-order valence-corrected chi connectivity index (χ1v) is 8.35. The first kappa shape index (κ1) is 13.7. The summed E-state index contributed by atoms with van der Waals surface area (Å²) in [7, 11) is 0. The van der Waals surface area contributed by atoms with Crippen LogP contribution in [0.4, 0.5) is 0 Å². The van der Waals surface area contributed by atoms with Gasteiger partial charge < -0.3 is 9.15 Å². The third-order valence-electron chi connectivity index (χ3n) is 3.40. The molecule has 0 amide bonds. The SMILES string of the molecule is CCOC(=O)c1cc2cnc3c4cc(Br)ccc4oc3c2s1. The van der Waals surface area contributed by atoms with Crippen LogP contribution in [0.3, 0.4) is 0 Å². The van der Waals surface area contributed by atoms with Crippen molar-refractivity contribution in [3.05, 3.63) is 39.8 Å². The fourth-order valence-corrected chi connectivity index (χ4v) is 3.82. The van der Waals surface area contributed by atoms with E-state index in [-0.39, 0.29) is 5.97 Å². The van der Waals surface area contributed by atoms with E-state index in [0.717, 1.165) is 31.0 Å². The summed E-state index contributed by atoms with van der Waals surface area (Å²) in [5.41, 5.74) is 2.30. The number of halogens is 1. The monoisotopic (exact) mass is 375 g/mol. The van der Waals surface area contributed by atoms with E-state index in [0.29, 0.717) is 17.1 Å². The van der Waals surface area contributed by atoms with E-state index in [4.69, 9.17) is 9.15 Å². The highest BCUT2D eigenvalue weighted by Gasteiger charge is 2.17. The number of carbonyl (C=O) groups excluding carboxylic acids is 1. The molecule has 1 aromatic carbocycles. The fraction of sp³-hybridized carbons (Fsp3) is 0.125. The average molecular weight is 376 g/mol. The van der Waals surface area contributed by atoms with E-state index in [9.17, 15) is 4.79 Å². The van der Waals surface area contributed by atoms with E-state index in [2.05, 4.69) is 20.9 Å². The Morgan fingerprint density at radius 1 is 1.41 bits per heavy atom. The number of hydrogen-bond donors (Lipinski definition) is 0. The molecule has 110 valence electrons. The Kier molecular flexibility index (Phi) is 3.16. The molecule has 0 N–H and O–H groups in total.